The Morgan fingerprint density at radius 3 is 2.75 bits per heavy atom. The molecule has 4 heteroatoms. The average Bonchev–Trinajstić information content (AvgIpc) is 2.34. The maximum absolute atomic E-state index is 12.7. The Morgan fingerprint density at radius 1 is 1.25 bits per heavy atom. The van der Waals surface area contributed by atoms with E-state index in [1.54, 1.807) is 0 Å². The summed E-state index contributed by atoms with van der Waals surface area (Å²) in [5.41, 5.74) is 0.183. The minimum Gasteiger partial charge on any atom is -0.535 e. The molecule has 0 aliphatic heterocycles. The third-order valence-corrected chi connectivity index (χ3v) is 1.41. The van der Waals surface area contributed by atoms with Gasteiger partial charge in [0.15, 0.2) is 0 Å². The summed E-state index contributed by atoms with van der Waals surface area (Å²) in [7, 11) is 0. The smallest absolute Gasteiger partial charge is 0.105 e. The van der Waals surface area contributed by atoms with Crippen molar-refractivity contribution in [3.63, 3.8) is 0 Å². The van der Waals surface area contributed by atoms with E-state index in [0.717, 1.165) is 12.1 Å². The summed E-state index contributed by atoms with van der Waals surface area (Å²) in [5, 5.41) is 0.186. The van der Waals surface area contributed by atoms with Crippen molar-refractivity contribution in [2.24, 2.45) is 0 Å². The Morgan fingerprint density at radius 2 is 2.00 bits per heavy atom. The summed E-state index contributed by atoms with van der Waals surface area (Å²) in [6.45, 7) is 0. The average molecular weight is 212 g/mol. The fourth-order valence-electron chi connectivity index (χ4n) is 0.935. The Bertz CT molecular complexity index is 397. The number of benzene rings is 1. The van der Waals surface area contributed by atoms with Crippen molar-refractivity contribution in [1.29, 1.82) is 0 Å². The molecule has 1 nitrogen and oxygen atoms in total. The number of hydrogen-bond acceptors (Lipinski definition) is 1. The topological polar surface area (TPSA) is 13.1 Å². The number of fused-ring (bicyclic) bond motifs is 1. The first-order valence-corrected chi connectivity index (χ1v) is 3.01. The molecule has 0 aliphatic carbocycles. The second kappa shape index (κ2) is 3.24. The van der Waals surface area contributed by atoms with Crippen LogP contribution in [0.1, 0.15) is 0 Å². The van der Waals surface area contributed by atoms with Crippen LogP contribution >= 0.6 is 0 Å². The largest absolute Gasteiger partial charge is 0.535 e. The molecule has 1 aromatic carbocycles. The van der Waals surface area contributed by atoms with Gasteiger partial charge < -0.3 is 4.42 Å². The van der Waals surface area contributed by atoms with Gasteiger partial charge in [-0.15, -0.1) is 11.5 Å². The van der Waals surface area contributed by atoms with Crippen LogP contribution in [0.15, 0.2) is 22.8 Å². The molecule has 0 unspecified atom stereocenters. The summed E-state index contributed by atoms with van der Waals surface area (Å²) in [6.07, 6.45) is 1.20. The monoisotopic (exact) mass is 212 g/mol. The van der Waals surface area contributed by atoms with Crippen molar-refractivity contribution in [1.82, 2.24) is 0 Å². The molecule has 12 heavy (non-hydrogen) atoms. The predicted molar refractivity (Wildman–Crippen MR) is 35.0 cm³/mol. The van der Waals surface area contributed by atoms with Gasteiger partial charge in [-0.25, -0.2) is 4.39 Å². The van der Waals surface area contributed by atoms with Crippen LogP contribution in [0.5, 0.6) is 0 Å². The first-order valence-electron chi connectivity index (χ1n) is 3.01. The van der Waals surface area contributed by atoms with E-state index in [4.69, 9.17) is 4.42 Å². The third-order valence-electron chi connectivity index (χ3n) is 1.41. The SMILES string of the molecule is Fc1cc(F)c2[c-]coc2c1.[Co]. The molecule has 2 rings (SSSR count). The first kappa shape index (κ1) is 9.22. The van der Waals surface area contributed by atoms with Crippen LogP contribution in [0.4, 0.5) is 8.78 Å². The van der Waals surface area contributed by atoms with Crippen LogP contribution < -0.4 is 0 Å². The number of halogens is 2. The van der Waals surface area contributed by atoms with Crippen molar-refractivity contribution in [2.75, 3.05) is 0 Å². The van der Waals surface area contributed by atoms with Crippen LogP contribution in [0.3, 0.4) is 0 Å². The van der Waals surface area contributed by atoms with Gasteiger partial charge in [-0.3, -0.25) is 4.39 Å². The maximum atomic E-state index is 12.7. The third kappa shape index (κ3) is 1.35. The van der Waals surface area contributed by atoms with E-state index in [2.05, 4.69) is 6.07 Å². The zero-order valence-corrected chi connectivity index (χ0v) is 6.77. The summed E-state index contributed by atoms with van der Waals surface area (Å²) in [5.74, 6) is -1.29. The normalized spacial score (nSPS) is 9.83. The standard InChI is InChI=1S/C8H3F2O.Co/c9-5-3-7(10)6-1-2-11-8(6)4-5;/h2-4H;/q-1;. The zero-order chi connectivity index (χ0) is 7.84. The van der Waals surface area contributed by atoms with Gasteiger partial charge in [-0.1, -0.05) is 0 Å². The van der Waals surface area contributed by atoms with Crippen LogP contribution in [0.25, 0.3) is 11.0 Å². The van der Waals surface area contributed by atoms with E-state index >= 15 is 0 Å². The zero-order valence-electron chi connectivity index (χ0n) is 5.73. The number of rotatable bonds is 0. The van der Waals surface area contributed by atoms with Crippen LogP contribution in [-0.2, 0) is 16.8 Å². The fraction of sp³-hybridized carbons (Fsp3) is 0. The van der Waals surface area contributed by atoms with Gasteiger partial charge >= 0.3 is 0 Å². The van der Waals surface area contributed by atoms with Crippen LogP contribution in [0.2, 0.25) is 0 Å². The number of hydrogen-bond donors (Lipinski definition) is 0. The number of furan rings is 1. The Hall–Kier alpha value is -0.874. The molecule has 0 bridgehead atoms. The molecule has 1 heterocycles. The van der Waals surface area contributed by atoms with E-state index in [1.165, 1.54) is 6.26 Å². The van der Waals surface area contributed by atoms with Gasteiger partial charge in [0.2, 0.25) is 0 Å². The van der Waals surface area contributed by atoms with Crippen molar-refractivity contribution in [3.8, 4) is 0 Å². The molecule has 0 atom stereocenters. The molecular formula is C8H3CoF2O-. The summed E-state index contributed by atoms with van der Waals surface area (Å²) in [6, 6.07) is 4.43. The molecule has 0 amide bonds. The van der Waals surface area contributed by atoms with Gasteiger partial charge in [0.25, 0.3) is 0 Å². The van der Waals surface area contributed by atoms with Crippen molar-refractivity contribution < 1.29 is 30.0 Å². The Kier molecular flexibility index (Phi) is 2.49. The molecule has 2 aromatic rings. The van der Waals surface area contributed by atoms with Gasteiger partial charge in [-0.05, 0) is 12.1 Å². The second-order valence-corrected chi connectivity index (χ2v) is 2.14. The van der Waals surface area contributed by atoms with Crippen LogP contribution in [-0.4, -0.2) is 0 Å². The van der Waals surface area contributed by atoms with Gasteiger partial charge in [0.05, 0.1) is 0 Å². The van der Waals surface area contributed by atoms with E-state index in [-0.39, 0.29) is 27.7 Å². The summed E-state index contributed by atoms with van der Waals surface area (Å²) >= 11 is 0. The molecule has 65 valence electrons. The molecular weight excluding hydrogens is 209 g/mol. The van der Waals surface area contributed by atoms with Crippen molar-refractivity contribution in [2.45, 2.75) is 0 Å². The second-order valence-electron chi connectivity index (χ2n) is 2.14. The molecule has 0 saturated heterocycles. The van der Waals surface area contributed by atoms with Crippen LogP contribution in [0, 0.1) is 17.7 Å². The molecule has 1 radical (unpaired) electrons. The molecule has 0 fully saturated rings. The predicted octanol–water partition coefficient (Wildman–Crippen LogP) is 2.51. The first-order chi connectivity index (χ1) is 5.27. The van der Waals surface area contributed by atoms with Gasteiger partial charge in [-0.2, -0.15) is 0 Å². The minimum absolute atomic E-state index is 0. The fourth-order valence-corrected chi connectivity index (χ4v) is 0.935. The molecule has 0 spiro atoms. The van der Waals surface area contributed by atoms with Gasteiger partial charge in [0, 0.05) is 34.4 Å². The molecule has 0 N–H and O–H groups in total. The van der Waals surface area contributed by atoms with E-state index in [1.807, 2.05) is 0 Å². The van der Waals surface area contributed by atoms with E-state index in [0.29, 0.717) is 0 Å². The summed E-state index contributed by atoms with van der Waals surface area (Å²) < 4.78 is 30.0. The minimum atomic E-state index is -0.645. The quantitative estimate of drug-likeness (QED) is 0.611. The van der Waals surface area contributed by atoms with Crippen molar-refractivity contribution >= 4 is 11.0 Å². The Balaban J connectivity index is 0.000000720. The van der Waals surface area contributed by atoms with Gasteiger partial charge in [0.1, 0.15) is 5.82 Å². The molecule has 1 aromatic heterocycles. The molecule has 0 saturated carbocycles. The summed E-state index contributed by atoms with van der Waals surface area (Å²) in [4.78, 5) is 0. The maximum Gasteiger partial charge on any atom is 0.105 e. The molecule has 0 aliphatic rings. The van der Waals surface area contributed by atoms with E-state index < -0.39 is 11.6 Å². The van der Waals surface area contributed by atoms with Crippen molar-refractivity contribution in [3.05, 3.63) is 36.1 Å². The van der Waals surface area contributed by atoms with E-state index in [9.17, 15) is 8.78 Å². The Labute approximate surface area is 77.6 Å².